The Morgan fingerprint density at radius 3 is 2.24 bits per heavy atom. The van der Waals surface area contributed by atoms with Crippen LogP contribution in [0.25, 0.3) is 0 Å². The third-order valence-electron chi connectivity index (χ3n) is 6.62. The summed E-state index contributed by atoms with van der Waals surface area (Å²) in [7, 11) is 2.69. The van der Waals surface area contributed by atoms with Crippen molar-refractivity contribution < 1.29 is 38.0 Å². The number of non-ortho nitro benzene ring substituents is 1. The van der Waals surface area contributed by atoms with Gasteiger partial charge in [0.1, 0.15) is 12.4 Å². The molecule has 0 saturated heterocycles. The number of hydrogen-bond acceptors (Lipinski definition) is 9. The van der Waals surface area contributed by atoms with Gasteiger partial charge in [-0.1, -0.05) is 12.1 Å². The summed E-state index contributed by atoms with van der Waals surface area (Å²) in [5.41, 5.74) is 1.38. The lowest BCUT2D eigenvalue weighted by Crippen LogP contribution is -2.34. The van der Waals surface area contributed by atoms with Crippen LogP contribution in [0.15, 0.2) is 71.1 Å². The monoisotopic (exact) mass is 567 g/mol. The summed E-state index contributed by atoms with van der Waals surface area (Å²) in [4.78, 5) is 63.0. The van der Waals surface area contributed by atoms with Gasteiger partial charge in [0.25, 0.3) is 5.69 Å². The summed E-state index contributed by atoms with van der Waals surface area (Å²) in [5, 5.41) is 14.4. The van der Waals surface area contributed by atoms with E-state index in [2.05, 4.69) is 5.32 Å². The van der Waals surface area contributed by atoms with Crippen molar-refractivity contribution in [2.45, 2.75) is 32.6 Å². The van der Waals surface area contributed by atoms with Gasteiger partial charge in [0.05, 0.1) is 35.6 Å². The summed E-state index contributed by atoms with van der Waals surface area (Å²) < 4.78 is 23.5. The van der Waals surface area contributed by atoms with E-state index in [-0.39, 0.29) is 54.5 Å². The Morgan fingerprint density at radius 1 is 1.00 bits per heavy atom. The Bertz CT molecular complexity index is 1430. The van der Waals surface area contributed by atoms with E-state index in [1.807, 2.05) is 0 Å². The molecule has 0 aliphatic carbocycles. The lowest BCUT2D eigenvalue weighted by atomic mass is 9.80. The van der Waals surface area contributed by atoms with Crippen molar-refractivity contribution in [1.82, 2.24) is 10.2 Å². The van der Waals surface area contributed by atoms with E-state index in [0.717, 1.165) is 0 Å². The predicted octanol–water partition coefficient (Wildman–Crippen LogP) is 3.81. The Labute approximate surface area is 235 Å². The largest absolute Gasteiger partial charge is 0.466 e. The van der Waals surface area contributed by atoms with Crippen LogP contribution in [0.5, 0.6) is 0 Å². The number of halogens is 1. The Balaban J connectivity index is 1.70. The van der Waals surface area contributed by atoms with Crippen molar-refractivity contribution >= 4 is 29.3 Å². The number of benzene rings is 2. The number of methoxy groups -OCH3 is 1. The second-order valence-electron chi connectivity index (χ2n) is 9.36. The van der Waals surface area contributed by atoms with Crippen LogP contribution in [0.3, 0.4) is 0 Å². The quantitative estimate of drug-likeness (QED) is 0.185. The number of hydrogen-bond donors (Lipinski definition) is 1. The van der Waals surface area contributed by atoms with Crippen molar-refractivity contribution in [2.24, 2.45) is 0 Å². The first kappa shape index (κ1) is 30.7. The Morgan fingerprint density at radius 2 is 1.63 bits per heavy atom. The summed E-state index contributed by atoms with van der Waals surface area (Å²) in [6.07, 6.45) is -0.157. The van der Waals surface area contributed by atoms with Gasteiger partial charge in [-0.2, -0.15) is 0 Å². The van der Waals surface area contributed by atoms with Gasteiger partial charge in [-0.3, -0.25) is 19.7 Å². The summed E-state index contributed by atoms with van der Waals surface area (Å²) in [6.45, 7) is 3.08. The van der Waals surface area contributed by atoms with E-state index >= 15 is 0 Å². The predicted molar refractivity (Wildman–Crippen MR) is 145 cm³/mol. The Kier molecular flexibility index (Phi) is 10.1. The van der Waals surface area contributed by atoms with E-state index in [1.54, 1.807) is 19.9 Å². The smallest absolute Gasteiger partial charge is 0.336 e. The first-order valence-corrected chi connectivity index (χ1v) is 12.7. The third kappa shape index (κ3) is 7.41. The molecular weight excluding hydrogens is 537 g/mol. The Hall–Kier alpha value is -4.87. The summed E-state index contributed by atoms with van der Waals surface area (Å²) in [5.74, 6) is -3.63. The number of allylic oxidation sites excluding steroid dienone is 2. The highest BCUT2D eigenvalue weighted by Gasteiger charge is 2.38. The molecule has 0 bridgehead atoms. The molecule has 1 aliphatic rings. The minimum atomic E-state index is -1.01. The molecular formula is C29H30FN3O8. The fraction of sp³-hybridized carbons (Fsp3) is 0.310. The van der Waals surface area contributed by atoms with Crippen molar-refractivity contribution in [3.8, 4) is 0 Å². The molecule has 216 valence electrons. The molecule has 41 heavy (non-hydrogen) atoms. The number of rotatable bonds is 11. The van der Waals surface area contributed by atoms with Gasteiger partial charge < -0.3 is 19.7 Å². The molecule has 1 N–H and O–H groups in total. The number of esters is 2. The average molecular weight is 568 g/mol. The molecule has 1 aliphatic heterocycles. The maximum atomic E-state index is 13.3. The second kappa shape index (κ2) is 13.5. The van der Waals surface area contributed by atoms with Crippen LogP contribution in [0.2, 0.25) is 0 Å². The van der Waals surface area contributed by atoms with Gasteiger partial charge in [0.2, 0.25) is 5.91 Å². The van der Waals surface area contributed by atoms with Gasteiger partial charge in [-0.15, -0.1) is 0 Å². The molecule has 0 saturated carbocycles. The van der Waals surface area contributed by atoms with E-state index in [1.165, 1.54) is 61.5 Å². The average Bonchev–Trinajstić information content (AvgIpc) is 2.95. The highest BCUT2D eigenvalue weighted by atomic mass is 19.1. The van der Waals surface area contributed by atoms with Crippen LogP contribution in [0, 0.1) is 15.9 Å². The van der Waals surface area contributed by atoms with Crippen LogP contribution in [-0.4, -0.2) is 60.8 Å². The zero-order chi connectivity index (χ0) is 30.3. The molecule has 2 aromatic carbocycles. The lowest BCUT2D eigenvalue weighted by Gasteiger charge is -2.30. The number of likely N-dealkylation sites (N-methyl/N-ethyl adjacent to an activating group) is 1. The molecule has 3 rings (SSSR count). The van der Waals surface area contributed by atoms with Gasteiger partial charge in [0, 0.05) is 49.0 Å². The van der Waals surface area contributed by atoms with Crippen molar-refractivity contribution in [2.75, 3.05) is 27.3 Å². The minimum absolute atomic E-state index is 0.0231. The van der Waals surface area contributed by atoms with Crippen molar-refractivity contribution in [3.63, 3.8) is 0 Å². The van der Waals surface area contributed by atoms with Crippen LogP contribution in [0.4, 0.5) is 10.1 Å². The molecule has 0 aromatic heterocycles. The van der Waals surface area contributed by atoms with E-state index in [4.69, 9.17) is 9.47 Å². The SMILES string of the molecule is COC(=O)C1=C(C)NC(C)=C(C(=O)OCCN(C)C(=O)CCC(=O)c2ccc(F)cc2)C1c1cccc([N+](=O)[O-])c1. The van der Waals surface area contributed by atoms with E-state index < -0.39 is 28.6 Å². The molecule has 2 aromatic rings. The zero-order valence-electron chi connectivity index (χ0n) is 23.1. The minimum Gasteiger partial charge on any atom is -0.466 e. The van der Waals surface area contributed by atoms with Gasteiger partial charge in [0.15, 0.2) is 5.78 Å². The number of carbonyl (C=O) groups excluding carboxylic acids is 4. The van der Waals surface area contributed by atoms with Gasteiger partial charge >= 0.3 is 11.9 Å². The number of Topliss-reactive ketones (excluding diaryl/α,β-unsaturated/α-hetero) is 1. The summed E-state index contributed by atoms with van der Waals surface area (Å²) in [6, 6.07) is 10.7. The number of nitrogens with zero attached hydrogens (tertiary/aromatic N) is 2. The van der Waals surface area contributed by atoms with E-state index in [0.29, 0.717) is 22.5 Å². The molecule has 12 heteroatoms. The molecule has 1 unspecified atom stereocenters. The van der Waals surface area contributed by atoms with Gasteiger partial charge in [-0.25, -0.2) is 14.0 Å². The number of ketones is 1. The molecule has 1 amide bonds. The van der Waals surface area contributed by atoms with Crippen LogP contribution >= 0.6 is 0 Å². The number of nitro groups is 1. The fourth-order valence-corrected chi connectivity index (χ4v) is 4.47. The lowest BCUT2D eigenvalue weighted by molar-refractivity contribution is -0.384. The van der Waals surface area contributed by atoms with Crippen LogP contribution in [-0.2, 0) is 23.9 Å². The maximum absolute atomic E-state index is 13.3. The number of amides is 1. The highest BCUT2D eigenvalue weighted by molar-refractivity contribution is 6.00. The van der Waals surface area contributed by atoms with Crippen LogP contribution in [0.1, 0.15) is 48.5 Å². The normalized spacial score (nSPS) is 14.7. The van der Waals surface area contributed by atoms with Crippen molar-refractivity contribution in [3.05, 3.63) is 98.1 Å². The molecule has 1 atom stereocenters. The number of nitro benzene ring substituents is 1. The number of dihydropyridines is 1. The molecule has 1 heterocycles. The summed E-state index contributed by atoms with van der Waals surface area (Å²) >= 11 is 0. The fourth-order valence-electron chi connectivity index (χ4n) is 4.47. The highest BCUT2D eigenvalue weighted by Crippen LogP contribution is 2.40. The second-order valence-corrected chi connectivity index (χ2v) is 9.36. The number of nitrogens with one attached hydrogen (secondary N) is 1. The van der Waals surface area contributed by atoms with Crippen molar-refractivity contribution in [1.29, 1.82) is 0 Å². The topological polar surface area (TPSA) is 145 Å². The van der Waals surface area contributed by atoms with E-state index in [9.17, 15) is 33.7 Å². The number of carbonyl (C=O) groups is 4. The number of ether oxygens (including phenoxy) is 2. The third-order valence-corrected chi connectivity index (χ3v) is 6.62. The maximum Gasteiger partial charge on any atom is 0.336 e. The molecule has 0 radical (unpaired) electrons. The van der Waals surface area contributed by atoms with Crippen LogP contribution < -0.4 is 5.32 Å². The zero-order valence-corrected chi connectivity index (χ0v) is 23.1. The standard InChI is InChI=1S/C29H30FN3O8/c1-17-25(28(36)40-4)27(20-6-5-7-22(16-20)33(38)39)26(18(2)31-17)29(37)41-15-14-32(3)24(35)13-12-23(34)19-8-10-21(30)11-9-19/h5-11,16,27,31H,12-15H2,1-4H3. The molecule has 0 fully saturated rings. The van der Waals surface area contributed by atoms with Gasteiger partial charge in [-0.05, 0) is 43.7 Å². The first-order chi connectivity index (χ1) is 19.4. The first-order valence-electron chi connectivity index (χ1n) is 12.7. The molecule has 0 spiro atoms. The molecule has 11 nitrogen and oxygen atoms in total.